The van der Waals surface area contributed by atoms with Gasteiger partial charge in [0.15, 0.2) is 0 Å². The minimum absolute atomic E-state index is 0.149. The maximum atomic E-state index is 11.2. The van der Waals surface area contributed by atoms with Gasteiger partial charge in [0.1, 0.15) is 0 Å². The third-order valence-electron chi connectivity index (χ3n) is 2.50. The molecule has 1 rings (SSSR count). The second-order valence-corrected chi connectivity index (χ2v) is 3.90. The molecule has 0 aliphatic heterocycles. The van der Waals surface area contributed by atoms with E-state index < -0.39 is 0 Å². The smallest absolute Gasteiger partial charge is 0.310 e. The van der Waals surface area contributed by atoms with Crippen molar-refractivity contribution in [3.8, 4) is 0 Å². The lowest BCUT2D eigenvalue weighted by atomic mass is 10.1. The highest BCUT2D eigenvalue weighted by molar-refractivity contribution is 5.72. The second kappa shape index (κ2) is 7.04. The Labute approximate surface area is 97.6 Å². The number of benzene rings is 1. The van der Waals surface area contributed by atoms with Crippen molar-refractivity contribution < 1.29 is 9.53 Å². The highest BCUT2D eigenvalue weighted by Gasteiger charge is 2.03. The van der Waals surface area contributed by atoms with Gasteiger partial charge in [-0.25, -0.2) is 0 Å². The van der Waals surface area contributed by atoms with E-state index in [1.165, 1.54) is 18.4 Å². The Bertz CT molecular complexity index is 314. The van der Waals surface area contributed by atoms with E-state index in [4.69, 9.17) is 4.74 Å². The molecule has 1 aromatic rings. The molecule has 2 nitrogen and oxygen atoms in total. The number of carbonyl (C=O) groups excluding carboxylic acids is 1. The standard InChI is InChI=1S/C14H20O2/c1-3-5-6-12-7-9-13(10-8-12)11-14(15)16-4-2/h7-10H,3-6,11H2,1-2H3. The Hall–Kier alpha value is -1.31. The van der Waals surface area contributed by atoms with Gasteiger partial charge in [-0.1, -0.05) is 37.6 Å². The molecule has 0 bridgehead atoms. The van der Waals surface area contributed by atoms with E-state index in [1.54, 1.807) is 0 Å². The number of carbonyl (C=O) groups is 1. The van der Waals surface area contributed by atoms with Crippen molar-refractivity contribution >= 4 is 5.97 Å². The van der Waals surface area contributed by atoms with Crippen LogP contribution in [0.3, 0.4) is 0 Å². The second-order valence-electron chi connectivity index (χ2n) is 3.90. The quantitative estimate of drug-likeness (QED) is 0.688. The van der Waals surface area contributed by atoms with Crippen LogP contribution < -0.4 is 0 Å². The Balaban J connectivity index is 2.47. The molecule has 0 saturated heterocycles. The zero-order valence-corrected chi connectivity index (χ0v) is 10.2. The molecule has 0 radical (unpaired) electrons. The monoisotopic (exact) mass is 220 g/mol. The van der Waals surface area contributed by atoms with E-state index >= 15 is 0 Å². The number of hydrogen-bond donors (Lipinski definition) is 0. The lowest BCUT2D eigenvalue weighted by Crippen LogP contribution is -2.07. The first-order valence-corrected chi connectivity index (χ1v) is 5.99. The van der Waals surface area contributed by atoms with Crippen LogP contribution in [0.4, 0.5) is 0 Å². The molecule has 0 N–H and O–H groups in total. The van der Waals surface area contributed by atoms with Gasteiger partial charge in [0.2, 0.25) is 0 Å². The summed E-state index contributed by atoms with van der Waals surface area (Å²) in [5.41, 5.74) is 2.37. The zero-order valence-electron chi connectivity index (χ0n) is 10.2. The summed E-state index contributed by atoms with van der Waals surface area (Å²) in [4.78, 5) is 11.2. The first kappa shape index (κ1) is 12.8. The Morgan fingerprint density at radius 1 is 1.12 bits per heavy atom. The first-order chi connectivity index (χ1) is 7.76. The number of unbranched alkanes of at least 4 members (excludes halogenated alkanes) is 1. The number of rotatable bonds is 6. The normalized spacial score (nSPS) is 10.1. The van der Waals surface area contributed by atoms with E-state index in [1.807, 2.05) is 19.1 Å². The number of hydrogen-bond acceptors (Lipinski definition) is 2. The molecule has 1 aromatic carbocycles. The highest BCUT2D eigenvalue weighted by atomic mass is 16.5. The van der Waals surface area contributed by atoms with Crippen LogP contribution in [0.2, 0.25) is 0 Å². The number of esters is 1. The molecule has 0 spiro atoms. The third kappa shape index (κ3) is 4.47. The van der Waals surface area contributed by atoms with Crippen molar-refractivity contribution in [2.75, 3.05) is 6.61 Å². The molecule has 0 atom stereocenters. The van der Waals surface area contributed by atoms with Crippen molar-refractivity contribution in [1.82, 2.24) is 0 Å². The van der Waals surface area contributed by atoms with Crippen LogP contribution in [-0.4, -0.2) is 12.6 Å². The average Bonchev–Trinajstić information content (AvgIpc) is 2.28. The molecule has 0 unspecified atom stereocenters. The van der Waals surface area contributed by atoms with Gasteiger partial charge in [-0.05, 0) is 30.9 Å². The minimum atomic E-state index is -0.149. The van der Waals surface area contributed by atoms with Crippen LogP contribution in [-0.2, 0) is 22.4 Å². The molecular formula is C14H20O2. The van der Waals surface area contributed by atoms with Gasteiger partial charge in [-0.2, -0.15) is 0 Å². The van der Waals surface area contributed by atoms with Crippen LogP contribution in [0.1, 0.15) is 37.8 Å². The van der Waals surface area contributed by atoms with Gasteiger partial charge < -0.3 is 4.74 Å². The molecule has 0 amide bonds. The van der Waals surface area contributed by atoms with E-state index in [0.717, 1.165) is 12.0 Å². The van der Waals surface area contributed by atoms with Gasteiger partial charge in [-0.15, -0.1) is 0 Å². The molecule has 88 valence electrons. The largest absolute Gasteiger partial charge is 0.466 e. The molecule has 0 aliphatic rings. The maximum Gasteiger partial charge on any atom is 0.310 e. The highest BCUT2D eigenvalue weighted by Crippen LogP contribution is 2.08. The van der Waals surface area contributed by atoms with Crippen molar-refractivity contribution in [3.63, 3.8) is 0 Å². The minimum Gasteiger partial charge on any atom is -0.466 e. The van der Waals surface area contributed by atoms with Crippen molar-refractivity contribution in [3.05, 3.63) is 35.4 Å². The SMILES string of the molecule is CCCCc1ccc(CC(=O)OCC)cc1. The molecule has 0 aromatic heterocycles. The van der Waals surface area contributed by atoms with Crippen LogP contribution >= 0.6 is 0 Å². The lowest BCUT2D eigenvalue weighted by Gasteiger charge is -2.04. The summed E-state index contributed by atoms with van der Waals surface area (Å²) in [7, 11) is 0. The Kier molecular flexibility index (Phi) is 5.62. The average molecular weight is 220 g/mol. The fraction of sp³-hybridized carbons (Fsp3) is 0.500. The third-order valence-corrected chi connectivity index (χ3v) is 2.50. The molecule has 0 saturated carbocycles. The molecule has 2 heteroatoms. The number of ether oxygens (including phenoxy) is 1. The summed E-state index contributed by atoms with van der Waals surface area (Å²) in [6, 6.07) is 8.23. The van der Waals surface area contributed by atoms with Crippen molar-refractivity contribution in [1.29, 1.82) is 0 Å². The van der Waals surface area contributed by atoms with Gasteiger partial charge in [0, 0.05) is 0 Å². The van der Waals surface area contributed by atoms with Gasteiger partial charge in [0.05, 0.1) is 13.0 Å². The predicted molar refractivity (Wildman–Crippen MR) is 65.4 cm³/mol. The van der Waals surface area contributed by atoms with Crippen molar-refractivity contribution in [2.24, 2.45) is 0 Å². The van der Waals surface area contributed by atoms with Gasteiger partial charge in [-0.3, -0.25) is 4.79 Å². The lowest BCUT2D eigenvalue weighted by molar-refractivity contribution is -0.142. The fourth-order valence-corrected chi connectivity index (χ4v) is 1.58. The van der Waals surface area contributed by atoms with E-state index in [0.29, 0.717) is 13.0 Å². The summed E-state index contributed by atoms with van der Waals surface area (Å²) in [6.45, 7) is 4.47. The molecular weight excluding hydrogens is 200 g/mol. The zero-order chi connectivity index (χ0) is 11.8. The van der Waals surface area contributed by atoms with Crippen LogP contribution in [0.15, 0.2) is 24.3 Å². The summed E-state index contributed by atoms with van der Waals surface area (Å²) in [6.07, 6.45) is 3.93. The fourth-order valence-electron chi connectivity index (χ4n) is 1.58. The van der Waals surface area contributed by atoms with Crippen molar-refractivity contribution in [2.45, 2.75) is 39.5 Å². The first-order valence-electron chi connectivity index (χ1n) is 5.99. The van der Waals surface area contributed by atoms with Crippen LogP contribution in [0.5, 0.6) is 0 Å². The molecule has 0 heterocycles. The maximum absolute atomic E-state index is 11.2. The predicted octanol–water partition coefficient (Wildman–Crippen LogP) is 3.13. The molecule has 0 aliphatic carbocycles. The summed E-state index contributed by atoms with van der Waals surface area (Å²) in [5, 5.41) is 0. The van der Waals surface area contributed by atoms with Crippen LogP contribution in [0.25, 0.3) is 0 Å². The topological polar surface area (TPSA) is 26.3 Å². The number of aryl methyl sites for hydroxylation is 1. The van der Waals surface area contributed by atoms with Gasteiger partial charge >= 0.3 is 5.97 Å². The molecule has 0 fully saturated rings. The Morgan fingerprint density at radius 3 is 2.31 bits per heavy atom. The van der Waals surface area contributed by atoms with Crippen LogP contribution in [0, 0.1) is 0 Å². The van der Waals surface area contributed by atoms with E-state index in [9.17, 15) is 4.79 Å². The van der Waals surface area contributed by atoms with Gasteiger partial charge in [0.25, 0.3) is 0 Å². The summed E-state index contributed by atoms with van der Waals surface area (Å²) in [5.74, 6) is -0.149. The Morgan fingerprint density at radius 2 is 1.75 bits per heavy atom. The van der Waals surface area contributed by atoms with E-state index in [-0.39, 0.29) is 5.97 Å². The summed E-state index contributed by atoms with van der Waals surface area (Å²) >= 11 is 0. The molecule has 16 heavy (non-hydrogen) atoms. The van der Waals surface area contributed by atoms with E-state index in [2.05, 4.69) is 19.1 Å². The summed E-state index contributed by atoms with van der Waals surface area (Å²) < 4.78 is 4.90.